The highest BCUT2D eigenvalue weighted by Gasteiger charge is 2.01. The predicted molar refractivity (Wildman–Crippen MR) is 52.2 cm³/mol. The van der Waals surface area contributed by atoms with E-state index in [2.05, 4.69) is 0 Å². The molecule has 1 aromatic rings. The van der Waals surface area contributed by atoms with E-state index in [-0.39, 0.29) is 6.04 Å². The molecular formula is C9H13ClN2. The highest BCUT2D eigenvalue weighted by Crippen LogP contribution is 2.11. The molecule has 0 spiro atoms. The molecule has 0 aliphatic heterocycles. The summed E-state index contributed by atoms with van der Waals surface area (Å²) in [5.74, 6) is 0. The lowest BCUT2D eigenvalue weighted by atomic mass is 10.1. The maximum atomic E-state index is 5.80. The van der Waals surface area contributed by atoms with Gasteiger partial charge in [0.25, 0.3) is 0 Å². The van der Waals surface area contributed by atoms with Gasteiger partial charge in [-0.3, -0.25) is 0 Å². The number of hydrogen-bond donors (Lipinski definition) is 2. The number of benzene rings is 1. The van der Waals surface area contributed by atoms with Gasteiger partial charge in [-0.1, -0.05) is 23.7 Å². The Labute approximate surface area is 77.5 Å². The Balaban J connectivity index is 2.63. The molecule has 0 aromatic heterocycles. The average molecular weight is 185 g/mol. The van der Waals surface area contributed by atoms with Crippen molar-refractivity contribution in [3.63, 3.8) is 0 Å². The zero-order chi connectivity index (χ0) is 8.97. The summed E-state index contributed by atoms with van der Waals surface area (Å²) in [6, 6.07) is 7.71. The zero-order valence-corrected chi connectivity index (χ0v) is 7.59. The first-order valence-electron chi connectivity index (χ1n) is 3.92. The molecule has 12 heavy (non-hydrogen) atoms. The van der Waals surface area contributed by atoms with Gasteiger partial charge in [0.2, 0.25) is 0 Å². The maximum absolute atomic E-state index is 5.80. The van der Waals surface area contributed by atoms with E-state index in [1.54, 1.807) is 0 Å². The molecule has 2 nitrogen and oxygen atoms in total. The van der Waals surface area contributed by atoms with Gasteiger partial charge in [-0.25, -0.2) is 0 Å². The van der Waals surface area contributed by atoms with Crippen molar-refractivity contribution >= 4 is 11.6 Å². The van der Waals surface area contributed by atoms with Gasteiger partial charge in [0.15, 0.2) is 0 Å². The lowest BCUT2D eigenvalue weighted by Crippen LogP contribution is -2.31. The van der Waals surface area contributed by atoms with E-state index in [0.717, 1.165) is 17.0 Å². The van der Waals surface area contributed by atoms with Gasteiger partial charge in [0.1, 0.15) is 0 Å². The molecule has 1 rings (SSSR count). The Morgan fingerprint density at radius 3 is 2.75 bits per heavy atom. The summed E-state index contributed by atoms with van der Waals surface area (Å²) in [5.41, 5.74) is 12.2. The summed E-state index contributed by atoms with van der Waals surface area (Å²) in [4.78, 5) is 0. The molecule has 0 saturated heterocycles. The van der Waals surface area contributed by atoms with Crippen LogP contribution in [0.4, 0.5) is 0 Å². The Morgan fingerprint density at radius 2 is 2.17 bits per heavy atom. The second-order valence-electron chi connectivity index (χ2n) is 2.83. The van der Waals surface area contributed by atoms with Gasteiger partial charge in [0.05, 0.1) is 0 Å². The lowest BCUT2D eigenvalue weighted by Gasteiger charge is -2.07. The van der Waals surface area contributed by atoms with Crippen molar-refractivity contribution in [1.29, 1.82) is 0 Å². The average Bonchev–Trinajstić information content (AvgIpc) is 2.04. The fourth-order valence-electron chi connectivity index (χ4n) is 1.05. The number of hydrogen-bond acceptors (Lipinski definition) is 2. The van der Waals surface area contributed by atoms with Gasteiger partial charge in [-0.15, -0.1) is 0 Å². The first kappa shape index (κ1) is 9.52. The van der Waals surface area contributed by atoms with E-state index in [4.69, 9.17) is 23.1 Å². The fourth-order valence-corrected chi connectivity index (χ4v) is 1.26. The second-order valence-corrected chi connectivity index (χ2v) is 3.27. The first-order chi connectivity index (χ1) is 5.72. The van der Waals surface area contributed by atoms with Crippen molar-refractivity contribution in [3.8, 4) is 0 Å². The van der Waals surface area contributed by atoms with Crippen molar-refractivity contribution in [2.45, 2.75) is 12.5 Å². The van der Waals surface area contributed by atoms with Gasteiger partial charge in [-0.05, 0) is 24.1 Å². The van der Waals surface area contributed by atoms with E-state index in [0.29, 0.717) is 6.54 Å². The van der Waals surface area contributed by atoms with Crippen LogP contribution in [-0.2, 0) is 6.42 Å². The van der Waals surface area contributed by atoms with E-state index in [1.165, 1.54) is 0 Å². The highest BCUT2D eigenvalue weighted by molar-refractivity contribution is 6.30. The number of nitrogens with two attached hydrogens (primary N) is 2. The summed E-state index contributed by atoms with van der Waals surface area (Å²) in [6.45, 7) is 0.506. The predicted octanol–water partition coefficient (Wildman–Crippen LogP) is 1.17. The standard InChI is InChI=1S/C9H13ClN2/c10-8-3-1-2-7(4-8)5-9(12)6-11/h1-4,9H,5-6,11-12H2/t9-/m0/s1. The summed E-state index contributed by atoms with van der Waals surface area (Å²) in [5, 5.41) is 0.747. The molecule has 0 fully saturated rings. The summed E-state index contributed by atoms with van der Waals surface area (Å²) < 4.78 is 0. The minimum absolute atomic E-state index is 0.0310. The van der Waals surface area contributed by atoms with Gasteiger partial charge in [0, 0.05) is 17.6 Å². The van der Waals surface area contributed by atoms with Crippen molar-refractivity contribution in [2.75, 3.05) is 6.54 Å². The van der Waals surface area contributed by atoms with Crippen LogP contribution in [0.1, 0.15) is 5.56 Å². The quantitative estimate of drug-likeness (QED) is 0.741. The SMILES string of the molecule is NC[C@@H](N)Cc1cccc(Cl)c1. The van der Waals surface area contributed by atoms with Gasteiger partial charge < -0.3 is 11.5 Å². The molecule has 1 atom stereocenters. The molecule has 66 valence electrons. The summed E-state index contributed by atoms with van der Waals surface area (Å²) in [7, 11) is 0. The highest BCUT2D eigenvalue weighted by atomic mass is 35.5. The van der Waals surface area contributed by atoms with Crippen LogP contribution in [0.25, 0.3) is 0 Å². The smallest absolute Gasteiger partial charge is 0.0408 e. The van der Waals surface area contributed by atoms with E-state index >= 15 is 0 Å². The molecule has 1 aromatic carbocycles. The topological polar surface area (TPSA) is 52.0 Å². The molecule has 0 saturated carbocycles. The van der Waals surface area contributed by atoms with E-state index in [9.17, 15) is 0 Å². The third-order valence-corrected chi connectivity index (χ3v) is 1.92. The third kappa shape index (κ3) is 2.81. The van der Waals surface area contributed by atoms with Crippen LogP contribution >= 0.6 is 11.6 Å². The Bertz CT molecular complexity index is 250. The molecule has 0 aliphatic rings. The molecule has 0 radical (unpaired) electrons. The molecule has 4 N–H and O–H groups in total. The van der Waals surface area contributed by atoms with Crippen molar-refractivity contribution < 1.29 is 0 Å². The van der Waals surface area contributed by atoms with Gasteiger partial charge >= 0.3 is 0 Å². The minimum Gasteiger partial charge on any atom is -0.329 e. The summed E-state index contributed by atoms with van der Waals surface area (Å²) >= 11 is 5.80. The van der Waals surface area contributed by atoms with Crippen molar-refractivity contribution in [1.82, 2.24) is 0 Å². The summed E-state index contributed by atoms with van der Waals surface area (Å²) in [6.07, 6.45) is 0.789. The van der Waals surface area contributed by atoms with Crippen LogP contribution in [-0.4, -0.2) is 12.6 Å². The largest absolute Gasteiger partial charge is 0.329 e. The van der Waals surface area contributed by atoms with E-state index in [1.807, 2.05) is 24.3 Å². The van der Waals surface area contributed by atoms with E-state index < -0.39 is 0 Å². The maximum Gasteiger partial charge on any atom is 0.0408 e. The van der Waals surface area contributed by atoms with Crippen LogP contribution < -0.4 is 11.5 Å². The Hall–Kier alpha value is -0.570. The molecule has 3 heteroatoms. The molecule has 0 heterocycles. The monoisotopic (exact) mass is 184 g/mol. The second kappa shape index (κ2) is 4.45. The number of rotatable bonds is 3. The van der Waals surface area contributed by atoms with Crippen LogP contribution in [0.5, 0.6) is 0 Å². The number of halogens is 1. The molecule has 0 aliphatic carbocycles. The van der Waals surface area contributed by atoms with Gasteiger partial charge in [-0.2, -0.15) is 0 Å². The van der Waals surface area contributed by atoms with Crippen LogP contribution in [0.15, 0.2) is 24.3 Å². The molecular weight excluding hydrogens is 172 g/mol. The normalized spacial score (nSPS) is 12.9. The first-order valence-corrected chi connectivity index (χ1v) is 4.30. The molecule has 0 unspecified atom stereocenters. The van der Waals surface area contributed by atoms with Crippen molar-refractivity contribution in [3.05, 3.63) is 34.9 Å². The third-order valence-electron chi connectivity index (χ3n) is 1.69. The Kier molecular flexibility index (Phi) is 3.53. The fraction of sp³-hybridized carbons (Fsp3) is 0.333. The van der Waals surface area contributed by atoms with Crippen LogP contribution in [0, 0.1) is 0 Å². The minimum atomic E-state index is 0.0310. The zero-order valence-electron chi connectivity index (χ0n) is 6.83. The molecule has 0 bridgehead atoms. The lowest BCUT2D eigenvalue weighted by molar-refractivity contribution is 0.679. The molecule has 0 amide bonds. The Morgan fingerprint density at radius 1 is 1.42 bits per heavy atom. The van der Waals surface area contributed by atoms with Crippen molar-refractivity contribution in [2.24, 2.45) is 11.5 Å². The van der Waals surface area contributed by atoms with Crippen LogP contribution in [0.2, 0.25) is 5.02 Å². The van der Waals surface area contributed by atoms with Crippen LogP contribution in [0.3, 0.4) is 0 Å².